The number of aryl methyl sites for hydroxylation is 1. The summed E-state index contributed by atoms with van der Waals surface area (Å²) in [5.74, 6) is 0.833. The molecule has 2 rings (SSSR count). The Kier molecular flexibility index (Phi) is 6.02. The van der Waals surface area contributed by atoms with Crippen molar-refractivity contribution in [2.45, 2.75) is 39.4 Å². The van der Waals surface area contributed by atoms with Crippen molar-refractivity contribution in [2.24, 2.45) is 0 Å². The third kappa shape index (κ3) is 5.73. The van der Waals surface area contributed by atoms with Crippen molar-refractivity contribution in [3.63, 3.8) is 0 Å². The molecule has 0 fully saturated rings. The fourth-order valence-electron chi connectivity index (χ4n) is 1.78. The van der Waals surface area contributed by atoms with E-state index in [1.165, 1.54) is 0 Å². The Balaban J connectivity index is 1.67. The zero-order valence-corrected chi connectivity index (χ0v) is 13.2. The van der Waals surface area contributed by atoms with Gasteiger partial charge in [-0.3, -0.25) is 4.68 Å². The molecule has 1 heterocycles. The minimum Gasteiger partial charge on any atom is -0.494 e. The minimum atomic E-state index is 0.447. The molecule has 0 bridgehead atoms. The largest absolute Gasteiger partial charge is 0.494 e. The lowest BCUT2D eigenvalue weighted by Gasteiger charge is -2.06. The van der Waals surface area contributed by atoms with Crippen LogP contribution in [0.5, 0.6) is 5.75 Å². The molecule has 0 radical (unpaired) electrons. The summed E-state index contributed by atoms with van der Waals surface area (Å²) in [7, 11) is 0. The van der Waals surface area contributed by atoms with Crippen molar-refractivity contribution < 1.29 is 4.74 Å². The summed E-state index contributed by atoms with van der Waals surface area (Å²) in [5, 5.41) is 12.3. The predicted octanol–water partition coefficient (Wildman–Crippen LogP) is 2.90. The van der Waals surface area contributed by atoms with Crippen LogP contribution in [0.1, 0.15) is 26.0 Å². The Morgan fingerprint density at radius 3 is 2.76 bits per heavy atom. The molecule has 1 aromatic carbocycles. The van der Waals surface area contributed by atoms with Gasteiger partial charge in [0.05, 0.1) is 12.3 Å². The Morgan fingerprint density at radius 1 is 1.29 bits per heavy atom. The summed E-state index contributed by atoms with van der Waals surface area (Å²) in [6, 6.07) is 7.83. The van der Waals surface area contributed by atoms with Gasteiger partial charge in [0.2, 0.25) is 0 Å². The summed E-state index contributed by atoms with van der Waals surface area (Å²) < 4.78 is 7.49. The van der Waals surface area contributed by atoms with Crippen LogP contribution in [0.4, 0.5) is 0 Å². The Labute approximate surface area is 130 Å². The lowest BCUT2D eigenvalue weighted by atomic mass is 10.3. The molecular formula is C15H21ClN4O. The second kappa shape index (κ2) is 8.00. The van der Waals surface area contributed by atoms with E-state index in [-0.39, 0.29) is 0 Å². The van der Waals surface area contributed by atoms with E-state index in [9.17, 15) is 0 Å². The zero-order chi connectivity index (χ0) is 15.1. The molecular weight excluding hydrogens is 288 g/mol. The van der Waals surface area contributed by atoms with E-state index < -0.39 is 0 Å². The molecule has 0 saturated heterocycles. The third-order valence-electron chi connectivity index (χ3n) is 2.89. The molecule has 0 amide bonds. The van der Waals surface area contributed by atoms with Crippen molar-refractivity contribution >= 4 is 11.6 Å². The van der Waals surface area contributed by atoms with Crippen LogP contribution in [0.3, 0.4) is 0 Å². The average molecular weight is 309 g/mol. The number of ether oxygens (including phenoxy) is 1. The van der Waals surface area contributed by atoms with Crippen molar-refractivity contribution in [1.82, 2.24) is 20.3 Å². The molecule has 0 saturated carbocycles. The van der Waals surface area contributed by atoms with E-state index in [1.54, 1.807) is 0 Å². The van der Waals surface area contributed by atoms with E-state index in [4.69, 9.17) is 16.3 Å². The third-order valence-corrected chi connectivity index (χ3v) is 3.14. The topological polar surface area (TPSA) is 52.0 Å². The van der Waals surface area contributed by atoms with Gasteiger partial charge in [-0.15, -0.1) is 5.10 Å². The van der Waals surface area contributed by atoms with Gasteiger partial charge in [0, 0.05) is 36.8 Å². The molecule has 21 heavy (non-hydrogen) atoms. The lowest BCUT2D eigenvalue weighted by Crippen LogP contribution is -2.21. The Morgan fingerprint density at radius 2 is 2.05 bits per heavy atom. The summed E-state index contributed by atoms with van der Waals surface area (Å²) in [6.45, 7) is 6.40. The Hall–Kier alpha value is -1.59. The Bertz CT molecular complexity index is 539. The van der Waals surface area contributed by atoms with E-state index in [1.807, 2.05) is 35.1 Å². The van der Waals surface area contributed by atoms with Crippen LogP contribution in [0.15, 0.2) is 30.5 Å². The van der Waals surface area contributed by atoms with Crippen LogP contribution in [0.25, 0.3) is 0 Å². The highest BCUT2D eigenvalue weighted by molar-refractivity contribution is 6.30. The minimum absolute atomic E-state index is 0.447. The van der Waals surface area contributed by atoms with E-state index in [2.05, 4.69) is 29.5 Å². The number of benzene rings is 1. The van der Waals surface area contributed by atoms with Crippen molar-refractivity contribution in [1.29, 1.82) is 0 Å². The van der Waals surface area contributed by atoms with Crippen LogP contribution in [-0.4, -0.2) is 27.6 Å². The highest BCUT2D eigenvalue weighted by atomic mass is 35.5. The molecule has 0 unspecified atom stereocenters. The van der Waals surface area contributed by atoms with Crippen LogP contribution in [0.2, 0.25) is 5.02 Å². The van der Waals surface area contributed by atoms with Crippen LogP contribution < -0.4 is 10.1 Å². The summed E-state index contributed by atoms with van der Waals surface area (Å²) in [5.41, 5.74) is 0.960. The van der Waals surface area contributed by atoms with Crippen molar-refractivity contribution in [3.8, 4) is 5.75 Å². The van der Waals surface area contributed by atoms with E-state index in [0.717, 1.165) is 31.0 Å². The maximum absolute atomic E-state index is 5.82. The van der Waals surface area contributed by atoms with E-state index >= 15 is 0 Å². The molecule has 0 aliphatic rings. The second-order valence-electron chi connectivity index (χ2n) is 5.16. The van der Waals surface area contributed by atoms with E-state index in [0.29, 0.717) is 17.7 Å². The molecule has 0 spiro atoms. The smallest absolute Gasteiger partial charge is 0.119 e. The number of rotatable bonds is 8. The molecule has 114 valence electrons. The lowest BCUT2D eigenvalue weighted by molar-refractivity contribution is 0.298. The fraction of sp³-hybridized carbons (Fsp3) is 0.467. The van der Waals surface area contributed by atoms with Gasteiger partial charge in [-0.05, 0) is 24.3 Å². The second-order valence-corrected chi connectivity index (χ2v) is 5.60. The van der Waals surface area contributed by atoms with Crippen LogP contribution in [-0.2, 0) is 13.1 Å². The number of hydrogen-bond acceptors (Lipinski definition) is 4. The summed E-state index contributed by atoms with van der Waals surface area (Å²) >= 11 is 5.82. The summed E-state index contributed by atoms with van der Waals surface area (Å²) in [6.07, 6.45) is 2.85. The maximum Gasteiger partial charge on any atom is 0.119 e. The molecule has 1 N–H and O–H groups in total. The van der Waals surface area contributed by atoms with Gasteiger partial charge >= 0.3 is 0 Å². The molecule has 0 atom stereocenters. The first-order valence-corrected chi connectivity index (χ1v) is 7.52. The number of nitrogens with zero attached hydrogens (tertiary/aromatic N) is 3. The molecule has 0 aliphatic heterocycles. The van der Waals surface area contributed by atoms with Gasteiger partial charge in [0.1, 0.15) is 5.75 Å². The molecule has 0 aliphatic carbocycles. The van der Waals surface area contributed by atoms with Crippen LogP contribution >= 0.6 is 11.6 Å². The van der Waals surface area contributed by atoms with Crippen molar-refractivity contribution in [3.05, 3.63) is 41.2 Å². The monoisotopic (exact) mass is 308 g/mol. The molecule has 6 heteroatoms. The van der Waals surface area contributed by atoms with Gasteiger partial charge < -0.3 is 10.1 Å². The summed E-state index contributed by atoms with van der Waals surface area (Å²) in [4.78, 5) is 0. The normalized spacial score (nSPS) is 11.0. The highest BCUT2D eigenvalue weighted by Gasteiger charge is 2.02. The maximum atomic E-state index is 5.82. The molecule has 5 nitrogen and oxygen atoms in total. The molecule has 1 aromatic heterocycles. The number of nitrogens with one attached hydrogen (secondary N) is 1. The number of hydrogen-bond donors (Lipinski definition) is 1. The fourth-order valence-corrected chi connectivity index (χ4v) is 1.91. The van der Waals surface area contributed by atoms with Gasteiger partial charge in [0.25, 0.3) is 0 Å². The average Bonchev–Trinajstić information content (AvgIpc) is 2.91. The SMILES string of the molecule is CC(C)NCc1cn(CCCOc2ccc(Cl)cc2)nn1. The number of aromatic nitrogens is 3. The quantitative estimate of drug-likeness (QED) is 0.762. The standard InChI is InChI=1S/C15H21ClN4O/c1-12(2)17-10-14-11-20(19-18-14)8-3-9-21-15-6-4-13(16)5-7-15/h4-7,11-12,17H,3,8-10H2,1-2H3. The number of halogens is 1. The first-order chi connectivity index (χ1) is 10.1. The van der Waals surface area contributed by atoms with Crippen LogP contribution in [0, 0.1) is 0 Å². The van der Waals surface area contributed by atoms with Crippen molar-refractivity contribution in [2.75, 3.05) is 6.61 Å². The predicted molar refractivity (Wildman–Crippen MR) is 83.6 cm³/mol. The van der Waals surface area contributed by atoms with Gasteiger partial charge in [-0.2, -0.15) is 0 Å². The first-order valence-electron chi connectivity index (χ1n) is 7.14. The highest BCUT2D eigenvalue weighted by Crippen LogP contribution is 2.15. The molecule has 2 aromatic rings. The van der Waals surface area contributed by atoms with Gasteiger partial charge in [-0.1, -0.05) is 30.7 Å². The first kappa shape index (κ1) is 15.8. The van der Waals surface area contributed by atoms with Gasteiger partial charge in [0.15, 0.2) is 0 Å². The zero-order valence-electron chi connectivity index (χ0n) is 12.4. The van der Waals surface area contributed by atoms with Gasteiger partial charge in [-0.25, -0.2) is 0 Å².